The molecule has 17 heavy (non-hydrogen) atoms. The van der Waals surface area contributed by atoms with Gasteiger partial charge in [-0.15, -0.1) is 0 Å². The summed E-state index contributed by atoms with van der Waals surface area (Å²) in [5, 5.41) is 12.3. The number of rotatable bonds is 6. The Balaban J connectivity index is 2.37. The van der Waals surface area contributed by atoms with Crippen molar-refractivity contribution >= 4 is 5.91 Å². The van der Waals surface area contributed by atoms with E-state index in [0.29, 0.717) is 31.3 Å². The molecule has 2 atom stereocenters. The Morgan fingerprint density at radius 1 is 1.59 bits per heavy atom. The topological polar surface area (TPSA) is 52.6 Å². The molecule has 1 aliphatic heterocycles. The molecule has 1 amide bonds. The van der Waals surface area contributed by atoms with Crippen LogP contribution in [0.15, 0.2) is 0 Å². The number of amides is 1. The highest BCUT2D eigenvalue weighted by Crippen LogP contribution is 2.23. The molecule has 0 radical (unpaired) electrons. The Bertz CT molecular complexity index is 227. The molecule has 1 fully saturated rings. The molecule has 0 aromatic carbocycles. The maximum Gasteiger partial charge on any atom is 0.222 e. The molecule has 0 bridgehead atoms. The van der Waals surface area contributed by atoms with Gasteiger partial charge in [0.2, 0.25) is 5.91 Å². The van der Waals surface area contributed by atoms with Crippen molar-refractivity contribution in [2.75, 3.05) is 32.8 Å². The number of carbonyl (C=O) groups is 1. The predicted molar refractivity (Wildman–Crippen MR) is 68.7 cm³/mol. The summed E-state index contributed by atoms with van der Waals surface area (Å²) < 4.78 is 0. The van der Waals surface area contributed by atoms with E-state index < -0.39 is 0 Å². The third-order valence-electron chi connectivity index (χ3n) is 3.74. The standard InChI is InChI=1S/C13H26N2O2/c1-3-15(7-8-16)13(17)9-11(2)12-5-4-6-14-10-12/h11-12,14,16H,3-10H2,1-2H3. The summed E-state index contributed by atoms with van der Waals surface area (Å²) in [6.45, 7) is 7.49. The predicted octanol–water partition coefficient (Wildman–Crippen LogP) is 0.853. The number of aliphatic hydroxyl groups excluding tert-OH is 1. The molecule has 1 rings (SSSR count). The van der Waals surface area contributed by atoms with E-state index in [9.17, 15) is 4.79 Å². The van der Waals surface area contributed by atoms with E-state index in [2.05, 4.69) is 12.2 Å². The average molecular weight is 242 g/mol. The van der Waals surface area contributed by atoms with Crippen LogP contribution >= 0.6 is 0 Å². The highest BCUT2D eigenvalue weighted by atomic mass is 16.3. The first-order valence-corrected chi connectivity index (χ1v) is 6.78. The lowest BCUT2D eigenvalue weighted by Crippen LogP contribution is -2.38. The molecule has 100 valence electrons. The number of piperidine rings is 1. The Labute approximate surface area is 104 Å². The maximum absolute atomic E-state index is 12.0. The second kappa shape index (κ2) is 7.67. The van der Waals surface area contributed by atoms with Crippen LogP contribution in [0.3, 0.4) is 0 Å². The first kappa shape index (κ1) is 14.5. The number of hydrogen-bond donors (Lipinski definition) is 2. The minimum absolute atomic E-state index is 0.0545. The van der Waals surface area contributed by atoms with Gasteiger partial charge in [0.15, 0.2) is 0 Å². The molecule has 1 saturated heterocycles. The number of likely N-dealkylation sites (N-methyl/N-ethyl adjacent to an activating group) is 1. The van der Waals surface area contributed by atoms with Crippen LogP contribution < -0.4 is 5.32 Å². The summed E-state index contributed by atoms with van der Waals surface area (Å²) >= 11 is 0. The van der Waals surface area contributed by atoms with Crippen molar-refractivity contribution in [3.05, 3.63) is 0 Å². The maximum atomic E-state index is 12.0. The van der Waals surface area contributed by atoms with Crippen LogP contribution in [0.2, 0.25) is 0 Å². The summed E-state index contributed by atoms with van der Waals surface area (Å²) in [6.07, 6.45) is 3.06. The fourth-order valence-electron chi connectivity index (χ4n) is 2.52. The molecule has 2 unspecified atom stereocenters. The second-order valence-corrected chi connectivity index (χ2v) is 4.98. The molecule has 0 spiro atoms. The van der Waals surface area contributed by atoms with E-state index in [-0.39, 0.29) is 12.5 Å². The zero-order valence-electron chi connectivity index (χ0n) is 11.1. The summed E-state index contributed by atoms with van der Waals surface area (Å²) in [4.78, 5) is 13.8. The Morgan fingerprint density at radius 2 is 2.35 bits per heavy atom. The van der Waals surface area contributed by atoms with E-state index in [0.717, 1.165) is 13.1 Å². The molecule has 4 heteroatoms. The lowest BCUT2D eigenvalue weighted by Gasteiger charge is -2.29. The molecular formula is C13H26N2O2. The SMILES string of the molecule is CCN(CCO)C(=O)CC(C)C1CCCNC1. The van der Waals surface area contributed by atoms with Crippen LogP contribution in [0.4, 0.5) is 0 Å². The van der Waals surface area contributed by atoms with Crippen LogP contribution in [-0.2, 0) is 4.79 Å². The fourth-order valence-corrected chi connectivity index (χ4v) is 2.52. The lowest BCUT2D eigenvalue weighted by molar-refractivity contribution is -0.132. The number of nitrogens with one attached hydrogen (secondary N) is 1. The van der Waals surface area contributed by atoms with Crippen molar-refractivity contribution in [3.8, 4) is 0 Å². The molecule has 0 aromatic rings. The first-order valence-electron chi connectivity index (χ1n) is 6.78. The van der Waals surface area contributed by atoms with E-state index in [1.165, 1.54) is 12.8 Å². The third-order valence-corrected chi connectivity index (χ3v) is 3.74. The van der Waals surface area contributed by atoms with Gasteiger partial charge in [-0.2, -0.15) is 0 Å². The monoisotopic (exact) mass is 242 g/mol. The number of carbonyl (C=O) groups excluding carboxylic acids is 1. The summed E-state index contributed by atoms with van der Waals surface area (Å²) in [7, 11) is 0. The van der Waals surface area contributed by atoms with E-state index in [4.69, 9.17) is 5.11 Å². The van der Waals surface area contributed by atoms with Gasteiger partial charge in [0, 0.05) is 19.5 Å². The van der Waals surface area contributed by atoms with Gasteiger partial charge >= 0.3 is 0 Å². The molecule has 1 heterocycles. The van der Waals surface area contributed by atoms with Gasteiger partial charge in [-0.05, 0) is 44.7 Å². The Morgan fingerprint density at radius 3 is 2.88 bits per heavy atom. The van der Waals surface area contributed by atoms with Gasteiger partial charge in [0.25, 0.3) is 0 Å². The van der Waals surface area contributed by atoms with Gasteiger partial charge < -0.3 is 15.3 Å². The molecule has 0 saturated carbocycles. The summed E-state index contributed by atoms with van der Waals surface area (Å²) in [6, 6.07) is 0. The smallest absolute Gasteiger partial charge is 0.222 e. The van der Waals surface area contributed by atoms with Crippen LogP contribution in [-0.4, -0.2) is 48.7 Å². The third kappa shape index (κ3) is 4.64. The first-order chi connectivity index (χ1) is 8.19. The van der Waals surface area contributed by atoms with Crippen molar-refractivity contribution < 1.29 is 9.90 Å². The van der Waals surface area contributed by atoms with E-state index >= 15 is 0 Å². The molecule has 2 N–H and O–H groups in total. The second-order valence-electron chi connectivity index (χ2n) is 4.98. The van der Waals surface area contributed by atoms with Crippen LogP contribution in [0.1, 0.15) is 33.1 Å². The van der Waals surface area contributed by atoms with Gasteiger partial charge in [0.1, 0.15) is 0 Å². The highest BCUT2D eigenvalue weighted by molar-refractivity contribution is 5.76. The lowest BCUT2D eigenvalue weighted by atomic mass is 9.85. The van der Waals surface area contributed by atoms with Gasteiger partial charge in [-0.25, -0.2) is 0 Å². The summed E-state index contributed by atoms with van der Waals surface area (Å²) in [5.41, 5.74) is 0. The Hall–Kier alpha value is -0.610. The van der Waals surface area contributed by atoms with Crippen LogP contribution in [0, 0.1) is 11.8 Å². The molecule has 4 nitrogen and oxygen atoms in total. The van der Waals surface area contributed by atoms with Gasteiger partial charge in [0.05, 0.1) is 6.61 Å². The number of nitrogens with zero attached hydrogens (tertiary/aromatic N) is 1. The van der Waals surface area contributed by atoms with Crippen molar-refractivity contribution in [1.29, 1.82) is 0 Å². The van der Waals surface area contributed by atoms with Crippen LogP contribution in [0.5, 0.6) is 0 Å². The molecular weight excluding hydrogens is 216 g/mol. The number of aliphatic hydroxyl groups is 1. The van der Waals surface area contributed by atoms with Gasteiger partial charge in [-0.1, -0.05) is 6.92 Å². The van der Waals surface area contributed by atoms with Crippen molar-refractivity contribution in [3.63, 3.8) is 0 Å². The minimum atomic E-state index is 0.0545. The largest absolute Gasteiger partial charge is 0.395 e. The minimum Gasteiger partial charge on any atom is -0.395 e. The van der Waals surface area contributed by atoms with Crippen molar-refractivity contribution in [2.24, 2.45) is 11.8 Å². The zero-order valence-corrected chi connectivity index (χ0v) is 11.1. The van der Waals surface area contributed by atoms with E-state index in [1.54, 1.807) is 4.90 Å². The molecule has 0 aromatic heterocycles. The molecule has 1 aliphatic rings. The fraction of sp³-hybridized carbons (Fsp3) is 0.923. The highest BCUT2D eigenvalue weighted by Gasteiger charge is 2.23. The average Bonchev–Trinajstić information content (AvgIpc) is 2.36. The van der Waals surface area contributed by atoms with E-state index in [1.807, 2.05) is 6.92 Å². The quantitative estimate of drug-likeness (QED) is 0.726. The zero-order chi connectivity index (χ0) is 12.7. The number of hydrogen-bond acceptors (Lipinski definition) is 3. The normalized spacial score (nSPS) is 22.2. The molecule has 0 aliphatic carbocycles. The van der Waals surface area contributed by atoms with Crippen LogP contribution in [0.25, 0.3) is 0 Å². The van der Waals surface area contributed by atoms with Crippen molar-refractivity contribution in [1.82, 2.24) is 10.2 Å². The summed E-state index contributed by atoms with van der Waals surface area (Å²) in [5.74, 6) is 1.24. The van der Waals surface area contributed by atoms with Crippen molar-refractivity contribution in [2.45, 2.75) is 33.1 Å². The van der Waals surface area contributed by atoms with Gasteiger partial charge in [-0.3, -0.25) is 4.79 Å². The Kier molecular flexibility index (Phi) is 6.52.